The Morgan fingerprint density at radius 2 is 2.44 bits per heavy atom. The lowest BCUT2D eigenvalue weighted by molar-refractivity contribution is 0.0774. The topological polar surface area (TPSA) is 25.2 Å². The number of carbonyl (C=O) groups is 1. The molecular formula is C13H16N2O. The van der Waals surface area contributed by atoms with E-state index in [9.17, 15) is 4.79 Å². The average Bonchev–Trinajstić information content (AvgIpc) is 3.03. The van der Waals surface area contributed by atoms with Crippen LogP contribution in [0, 0.1) is 12.3 Å². The molecule has 1 heterocycles. The maximum atomic E-state index is 12.2. The second-order valence-corrected chi connectivity index (χ2v) is 4.06. The predicted molar refractivity (Wildman–Crippen MR) is 63.1 cm³/mol. The monoisotopic (exact) mass is 216 g/mol. The molecule has 1 aliphatic rings. The third kappa shape index (κ3) is 1.96. The van der Waals surface area contributed by atoms with Crippen LogP contribution < -0.4 is 0 Å². The molecule has 16 heavy (non-hydrogen) atoms. The Labute approximate surface area is 96.0 Å². The number of terminal acetylenes is 1. The third-order valence-corrected chi connectivity index (χ3v) is 2.89. The predicted octanol–water partition coefficient (Wildman–Crippen LogP) is 1.92. The molecule has 0 aromatic carbocycles. The minimum absolute atomic E-state index is 0.0392. The van der Waals surface area contributed by atoms with Gasteiger partial charge < -0.3 is 9.47 Å². The molecule has 0 radical (unpaired) electrons. The van der Waals surface area contributed by atoms with E-state index in [2.05, 4.69) is 10.5 Å². The molecule has 84 valence electrons. The highest BCUT2D eigenvalue weighted by molar-refractivity contribution is 5.93. The number of amides is 1. The average molecular weight is 216 g/mol. The minimum Gasteiger partial charge on any atom is -0.340 e. The normalized spacial score (nSPS) is 14.5. The van der Waals surface area contributed by atoms with E-state index >= 15 is 0 Å². The number of nitrogens with zero attached hydrogens (tertiary/aromatic N) is 2. The van der Waals surface area contributed by atoms with Crippen molar-refractivity contribution in [3.8, 4) is 12.3 Å². The molecule has 0 atom stereocenters. The van der Waals surface area contributed by atoms with Crippen LogP contribution in [0.2, 0.25) is 0 Å². The highest BCUT2D eigenvalue weighted by Gasteiger charge is 2.27. The first-order chi connectivity index (χ1) is 7.77. The van der Waals surface area contributed by atoms with Crippen LogP contribution in [0.1, 0.15) is 36.3 Å². The van der Waals surface area contributed by atoms with Gasteiger partial charge in [-0.3, -0.25) is 4.79 Å². The van der Waals surface area contributed by atoms with Crippen LogP contribution in [0.15, 0.2) is 18.3 Å². The lowest BCUT2D eigenvalue weighted by atomic mass is 10.3. The van der Waals surface area contributed by atoms with Gasteiger partial charge in [-0.25, -0.2) is 0 Å². The van der Waals surface area contributed by atoms with Crippen LogP contribution in [0.25, 0.3) is 0 Å². The molecular weight excluding hydrogens is 200 g/mol. The van der Waals surface area contributed by atoms with Crippen LogP contribution >= 0.6 is 0 Å². The van der Waals surface area contributed by atoms with Gasteiger partial charge in [-0.15, -0.1) is 6.42 Å². The zero-order valence-corrected chi connectivity index (χ0v) is 9.52. The Balaban J connectivity index is 2.19. The van der Waals surface area contributed by atoms with Gasteiger partial charge in [0.05, 0.1) is 6.54 Å². The number of rotatable bonds is 4. The zero-order valence-electron chi connectivity index (χ0n) is 9.52. The van der Waals surface area contributed by atoms with Crippen LogP contribution in [0.3, 0.4) is 0 Å². The summed E-state index contributed by atoms with van der Waals surface area (Å²) in [5.41, 5.74) is 0.764. The van der Waals surface area contributed by atoms with Crippen molar-refractivity contribution in [3.05, 3.63) is 24.0 Å². The summed E-state index contributed by atoms with van der Waals surface area (Å²) in [7, 11) is 0. The molecule has 0 bridgehead atoms. The molecule has 0 aliphatic heterocycles. The molecule has 1 amide bonds. The molecule has 0 unspecified atom stereocenters. The first-order valence-electron chi connectivity index (χ1n) is 5.67. The number of hydrogen-bond acceptors (Lipinski definition) is 1. The van der Waals surface area contributed by atoms with Gasteiger partial charge in [-0.2, -0.15) is 0 Å². The van der Waals surface area contributed by atoms with E-state index in [1.54, 1.807) is 4.90 Å². The van der Waals surface area contributed by atoms with E-state index < -0.39 is 0 Å². The van der Waals surface area contributed by atoms with Gasteiger partial charge in [-0.05, 0) is 31.9 Å². The summed E-state index contributed by atoms with van der Waals surface area (Å²) in [6.45, 7) is 2.98. The Kier molecular flexibility index (Phi) is 3.00. The van der Waals surface area contributed by atoms with Crippen LogP contribution in [0.4, 0.5) is 0 Å². The fourth-order valence-corrected chi connectivity index (χ4v) is 1.85. The molecule has 3 heteroatoms. The zero-order chi connectivity index (χ0) is 11.5. The van der Waals surface area contributed by atoms with E-state index in [4.69, 9.17) is 6.42 Å². The number of carbonyl (C=O) groups excluding carboxylic acids is 1. The van der Waals surface area contributed by atoms with Gasteiger partial charge in [0.25, 0.3) is 5.91 Å². The van der Waals surface area contributed by atoms with Crippen LogP contribution in [-0.2, 0) is 0 Å². The Hall–Kier alpha value is -1.69. The second-order valence-electron chi connectivity index (χ2n) is 4.06. The summed E-state index contributed by atoms with van der Waals surface area (Å²) in [4.78, 5) is 13.9. The summed E-state index contributed by atoms with van der Waals surface area (Å²) < 4.78 is 2.07. The SMILES string of the molecule is C#CCN(CC)C(=O)c1cccn1C1CC1. The van der Waals surface area contributed by atoms with Gasteiger partial charge in [-0.1, -0.05) is 5.92 Å². The molecule has 1 fully saturated rings. The summed E-state index contributed by atoms with van der Waals surface area (Å²) in [5.74, 6) is 2.56. The summed E-state index contributed by atoms with van der Waals surface area (Å²) in [6.07, 6.45) is 9.59. The molecule has 3 nitrogen and oxygen atoms in total. The van der Waals surface area contributed by atoms with E-state index in [0.29, 0.717) is 19.1 Å². The van der Waals surface area contributed by atoms with E-state index in [0.717, 1.165) is 5.69 Å². The maximum Gasteiger partial charge on any atom is 0.271 e. The highest BCUT2D eigenvalue weighted by Crippen LogP contribution is 2.36. The van der Waals surface area contributed by atoms with E-state index in [1.807, 2.05) is 25.3 Å². The van der Waals surface area contributed by atoms with Crippen molar-refractivity contribution in [2.45, 2.75) is 25.8 Å². The molecule has 0 saturated heterocycles. The fourth-order valence-electron chi connectivity index (χ4n) is 1.85. The van der Waals surface area contributed by atoms with Gasteiger partial charge in [0.1, 0.15) is 5.69 Å². The standard InChI is InChI=1S/C13H16N2O/c1-3-9-14(4-2)13(16)12-6-5-10-15(12)11-7-8-11/h1,5-6,10-11H,4,7-9H2,2H3. The van der Waals surface area contributed by atoms with Gasteiger partial charge >= 0.3 is 0 Å². The van der Waals surface area contributed by atoms with Crippen LogP contribution in [-0.4, -0.2) is 28.5 Å². The molecule has 0 spiro atoms. The van der Waals surface area contributed by atoms with Gasteiger partial charge in [0.15, 0.2) is 0 Å². The molecule has 1 aromatic heterocycles. The summed E-state index contributed by atoms with van der Waals surface area (Å²) >= 11 is 0. The lowest BCUT2D eigenvalue weighted by Gasteiger charge is -2.19. The molecule has 2 rings (SSSR count). The molecule has 1 aromatic rings. The largest absolute Gasteiger partial charge is 0.340 e. The maximum absolute atomic E-state index is 12.2. The smallest absolute Gasteiger partial charge is 0.271 e. The number of aromatic nitrogens is 1. The Morgan fingerprint density at radius 3 is 3.00 bits per heavy atom. The second kappa shape index (κ2) is 4.44. The van der Waals surface area contributed by atoms with Crippen molar-refractivity contribution in [1.29, 1.82) is 0 Å². The molecule has 1 saturated carbocycles. The quantitative estimate of drug-likeness (QED) is 0.706. The Morgan fingerprint density at radius 1 is 1.69 bits per heavy atom. The fraction of sp³-hybridized carbons (Fsp3) is 0.462. The molecule has 1 aliphatic carbocycles. The Bertz CT molecular complexity index is 423. The van der Waals surface area contributed by atoms with Crippen molar-refractivity contribution in [1.82, 2.24) is 9.47 Å². The van der Waals surface area contributed by atoms with E-state index in [1.165, 1.54) is 12.8 Å². The van der Waals surface area contributed by atoms with Crippen LogP contribution in [0.5, 0.6) is 0 Å². The van der Waals surface area contributed by atoms with Crippen molar-refractivity contribution in [3.63, 3.8) is 0 Å². The molecule has 0 N–H and O–H groups in total. The van der Waals surface area contributed by atoms with E-state index in [-0.39, 0.29) is 5.91 Å². The summed E-state index contributed by atoms with van der Waals surface area (Å²) in [6, 6.07) is 4.33. The van der Waals surface area contributed by atoms with Gasteiger partial charge in [0, 0.05) is 18.8 Å². The lowest BCUT2D eigenvalue weighted by Crippen LogP contribution is -2.32. The first-order valence-corrected chi connectivity index (χ1v) is 5.67. The van der Waals surface area contributed by atoms with Crippen molar-refractivity contribution < 1.29 is 4.79 Å². The number of hydrogen-bond donors (Lipinski definition) is 0. The van der Waals surface area contributed by atoms with Crippen molar-refractivity contribution >= 4 is 5.91 Å². The van der Waals surface area contributed by atoms with Crippen molar-refractivity contribution in [2.24, 2.45) is 0 Å². The third-order valence-electron chi connectivity index (χ3n) is 2.89. The van der Waals surface area contributed by atoms with Gasteiger partial charge in [0.2, 0.25) is 0 Å². The summed E-state index contributed by atoms with van der Waals surface area (Å²) in [5, 5.41) is 0. The highest BCUT2D eigenvalue weighted by atomic mass is 16.2. The minimum atomic E-state index is 0.0392. The van der Waals surface area contributed by atoms with Crippen molar-refractivity contribution in [2.75, 3.05) is 13.1 Å². The first kappa shape index (κ1) is 10.8.